The van der Waals surface area contributed by atoms with Crippen molar-refractivity contribution in [2.75, 3.05) is 17.5 Å². The first-order valence-electron chi connectivity index (χ1n) is 4.64. The summed E-state index contributed by atoms with van der Waals surface area (Å²) in [6.45, 7) is 5.04. The van der Waals surface area contributed by atoms with Crippen LogP contribution in [0.5, 0.6) is 0 Å². The Bertz CT molecular complexity index is 106. The van der Waals surface area contributed by atoms with E-state index in [1.54, 1.807) is 0 Å². The molecule has 0 radical (unpaired) electrons. The topological polar surface area (TPSA) is 3.24 Å². The molecule has 0 spiro atoms. The number of rotatable bonds is 3. The van der Waals surface area contributed by atoms with Crippen molar-refractivity contribution >= 4 is 22.6 Å². The molecule has 0 aliphatic carbocycles. The summed E-state index contributed by atoms with van der Waals surface area (Å²) in [5, 5.41) is 0. The van der Waals surface area contributed by atoms with Gasteiger partial charge < -0.3 is 4.90 Å². The largest absolute Gasteiger partial charge is 0.301 e. The first kappa shape index (κ1) is 9.78. The number of nitrogens with zero attached hydrogens (tertiary/aromatic N) is 1. The fourth-order valence-corrected chi connectivity index (χ4v) is 2.09. The Labute approximate surface area is 83.7 Å². The summed E-state index contributed by atoms with van der Waals surface area (Å²) in [5.41, 5.74) is 0. The molecule has 1 atom stereocenters. The maximum atomic E-state index is 2.64. The molecule has 2 heteroatoms. The SMILES string of the molecule is CC1CCCCN1CCCI. The van der Waals surface area contributed by atoms with Crippen LogP contribution in [0.25, 0.3) is 0 Å². The van der Waals surface area contributed by atoms with E-state index in [4.69, 9.17) is 0 Å². The average molecular weight is 267 g/mol. The lowest BCUT2D eigenvalue weighted by Crippen LogP contribution is -2.38. The zero-order valence-corrected chi connectivity index (χ0v) is 9.51. The van der Waals surface area contributed by atoms with Crippen LogP contribution < -0.4 is 0 Å². The van der Waals surface area contributed by atoms with Gasteiger partial charge in [-0.3, -0.25) is 0 Å². The third-order valence-electron chi connectivity index (χ3n) is 2.52. The van der Waals surface area contributed by atoms with E-state index in [0.29, 0.717) is 0 Å². The first-order chi connectivity index (χ1) is 5.34. The Morgan fingerprint density at radius 3 is 2.91 bits per heavy atom. The number of halogens is 1. The molecule has 1 nitrogen and oxygen atoms in total. The van der Waals surface area contributed by atoms with E-state index in [2.05, 4.69) is 34.4 Å². The normalized spacial score (nSPS) is 27.3. The summed E-state index contributed by atoms with van der Waals surface area (Å²) in [7, 11) is 0. The number of hydrogen-bond donors (Lipinski definition) is 0. The standard InChI is InChI=1S/C9H18IN/c1-9-5-2-3-7-11(9)8-4-6-10/h9H,2-8H2,1H3. The molecule has 0 saturated carbocycles. The minimum Gasteiger partial charge on any atom is -0.301 e. The number of hydrogen-bond acceptors (Lipinski definition) is 1. The minimum absolute atomic E-state index is 0.853. The third kappa shape index (κ3) is 3.28. The van der Waals surface area contributed by atoms with Crippen LogP contribution in [0, 0.1) is 0 Å². The summed E-state index contributed by atoms with van der Waals surface area (Å²) in [6, 6.07) is 0.853. The predicted molar refractivity (Wildman–Crippen MR) is 58.4 cm³/mol. The van der Waals surface area contributed by atoms with Gasteiger partial charge in [-0.15, -0.1) is 0 Å². The van der Waals surface area contributed by atoms with Gasteiger partial charge in [0.2, 0.25) is 0 Å². The maximum Gasteiger partial charge on any atom is 0.00669 e. The molecule has 1 rings (SSSR count). The Morgan fingerprint density at radius 2 is 2.27 bits per heavy atom. The monoisotopic (exact) mass is 267 g/mol. The number of likely N-dealkylation sites (tertiary alicyclic amines) is 1. The molecule has 1 saturated heterocycles. The lowest BCUT2D eigenvalue weighted by Gasteiger charge is -2.33. The molecule has 1 aliphatic rings. The molecule has 1 unspecified atom stereocenters. The van der Waals surface area contributed by atoms with Crippen LogP contribution in [0.15, 0.2) is 0 Å². The quantitative estimate of drug-likeness (QED) is 0.561. The van der Waals surface area contributed by atoms with Crippen LogP contribution >= 0.6 is 22.6 Å². The number of alkyl halides is 1. The van der Waals surface area contributed by atoms with Gasteiger partial charge in [0, 0.05) is 10.5 Å². The Balaban J connectivity index is 2.18. The molecule has 11 heavy (non-hydrogen) atoms. The molecule has 0 bridgehead atoms. The Kier molecular flexibility index (Phi) is 4.76. The second-order valence-corrected chi connectivity index (χ2v) is 4.50. The van der Waals surface area contributed by atoms with Gasteiger partial charge in [-0.05, 0) is 39.3 Å². The van der Waals surface area contributed by atoms with E-state index in [9.17, 15) is 0 Å². The summed E-state index contributed by atoms with van der Waals surface area (Å²) >= 11 is 2.46. The van der Waals surface area contributed by atoms with Crippen LogP contribution in [-0.2, 0) is 0 Å². The first-order valence-corrected chi connectivity index (χ1v) is 6.17. The van der Waals surface area contributed by atoms with Gasteiger partial charge in [0.05, 0.1) is 0 Å². The van der Waals surface area contributed by atoms with Gasteiger partial charge in [-0.1, -0.05) is 29.0 Å². The zero-order chi connectivity index (χ0) is 8.10. The van der Waals surface area contributed by atoms with Crippen molar-refractivity contribution in [3.8, 4) is 0 Å². The molecule has 0 N–H and O–H groups in total. The lowest BCUT2D eigenvalue weighted by atomic mass is 10.0. The van der Waals surface area contributed by atoms with Crippen molar-refractivity contribution in [1.82, 2.24) is 4.90 Å². The summed E-state index contributed by atoms with van der Waals surface area (Å²) in [5.74, 6) is 0. The number of piperidine rings is 1. The smallest absolute Gasteiger partial charge is 0.00669 e. The zero-order valence-electron chi connectivity index (χ0n) is 7.35. The molecule has 1 aliphatic heterocycles. The van der Waals surface area contributed by atoms with Crippen molar-refractivity contribution in [3.63, 3.8) is 0 Å². The highest BCUT2D eigenvalue weighted by Crippen LogP contribution is 2.16. The summed E-state index contributed by atoms with van der Waals surface area (Å²) in [6.07, 6.45) is 5.65. The van der Waals surface area contributed by atoms with Gasteiger partial charge >= 0.3 is 0 Å². The fraction of sp³-hybridized carbons (Fsp3) is 1.00. The highest BCUT2D eigenvalue weighted by Gasteiger charge is 2.16. The van der Waals surface area contributed by atoms with Crippen LogP contribution in [0.2, 0.25) is 0 Å². The van der Waals surface area contributed by atoms with E-state index in [-0.39, 0.29) is 0 Å². The molecule has 66 valence electrons. The lowest BCUT2D eigenvalue weighted by molar-refractivity contribution is 0.162. The maximum absolute atomic E-state index is 2.64. The van der Waals surface area contributed by atoms with Crippen LogP contribution in [-0.4, -0.2) is 28.5 Å². The summed E-state index contributed by atoms with van der Waals surface area (Å²) < 4.78 is 1.31. The van der Waals surface area contributed by atoms with Gasteiger partial charge in [0.25, 0.3) is 0 Å². The second-order valence-electron chi connectivity index (χ2n) is 3.42. The molecule has 0 aromatic carbocycles. The van der Waals surface area contributed by atoms with E-state index in [1.807, 2.05) is 0 Å². The van der Waals surface area contributed by atoms with Crippen LogP contribution in [0.3, 0.4) is 0 Å². The molecular weight excluding hydrogens is 249 g/mol. The van der Waals surface area contributed by atoms with Gasteiger partial charge in [-0.25, -0.2) is 0 Å². The second kappa shape index (κ2) is 5.36. The van der Waals surface area contributed by atoms with Gasteiger partial charge in [-0.2, -0.15) is 0 Å². The van der Waals surface area contributed by atoms with Crippen molar-refractivity contribution in [2.24, 2.45) is 0 Å². The van der Waals surface area contributed by atoms with Crippen molar-refractivity contribution < 1.29 is 0 Å². The van der Waals surface area contributed by atoms with E-state index < -0.39 is 0 Å². The third-order valence-corrected chi connectivity index (χ3v) is 3.28. The van der Waals surface area contributed by atoms with E-state index in [1.165, 1.54) is 43.2 Å². The molecule has 1 heterocycles. The highest BCUT2D eigenvalue weighted by atomic mass is 127. The van der Waals surface area contributed by atoms with Gasteiger partial charge in [0.15, 0.2) is 0 Å². The molecule has 0 aromatic heterocycles. The Morgan fingerprint density at radius 1 is 1.45 bits per heavy atom. The molecule has 0 aromatic rings. The molecule has 0 amide bonds. The molecular formula is C9H18IN. The minimum atomic E-state index is 0.853. The average Bonchev–Trinajstić information content (AvgIpc) is 2.03. The van der Waals surface area contributed by atoms with Crippen molar-refractivity contribution in [1.29, 1.82) is 0 Å². The van der Waals surface area contributed by atoms with Crippen LogP contribution in [0.1, 0.15) is 32.6 Å². The van der Waals surface area contributed by atoms with Crippen LogP contribution in [0.4, 0.5) is 0 Å². The van der Waals surface area contributed by atoms with Crippen molar-refractivity contribution in [3.05, 3.63) is 0 Å². The van der Waals surface area contributed by atoms with E-state index >= 15 is 0 Å². The van der Waals surface area contributed by atoms with E-state index in [0.717, 1.165) is 6.04 Å². The summed E-state index contributed by atoms with van der Waals surface area (Å²) in [4.78, 5) is 2.64. The Hall–Kier alpha value is 0.690. The fourth-order valence-electron chi connectivity index (χ4n) is 1.75. The van der Waals surface area contributed by atoms with Gasteiger partial charge in [0.1, 0.15) is 0 Å². The predicted octanol–water partition coefficient (Wildman–Crippen LogP) is 2.69. The highest BCUT2D eigenvalue weighted by molar-refractivity contribution is 14.1. The molecule has 1 fully saturated rings. The van der Waals surface area contributed by atoms with Crippen molar-refractivity contribution in [2.45, 2.75) is 38.6 Å².